The van der Waals surface area contributed by atoms with Gasteiger partial charge in [0.25, 0.3) is 0 Å². The van der Waals surface area contributed by atoms with Crippen LogP contribution in [-0.2, 0) is 9.47 Å². The van der Waals surface area contributed by atoms with Crippen molar-refractivity contribution < 1.29 is 14.2 Å². The van der Waals surface area contributed by atoms with Crippen molar-refractivity contribution in [3.63, 3.8) is 0 Å². The molecule has 1 aromatic rings. The van der Waals surface area contributed by atoms with Gasteiger partial charge in [-0.2, -0.15) is 0 Å². The molecule has 0 bridgehead atoms. The first-order valence-electron chi connectivity index (χ1n) is 4.39. The topological polar surface area (TPSA) is 27.7 Å². The normalized spacial score (nSPS) is 11.4. The van der Waals surface area contributed by atoms with Crippen molar-refractivity contribution >= 4 is 23.2 Å². The highest BCUT2D eigenvalue weighted by molar-refractivity contribution is 6.46. The number of halogens is 2. The highest BCUT2D eigenvalue weighted by Gasteiger charge is 2.27. The van der Waals surface area contributed by atoms with Gasteiger partial charge in [-0.05, 0) is 35.3 Å². The summed E-state index contributed by atoms with van der Waals surface area (Å²) in [6, 6.07) is 8.96. The molecule has 15 heavy (non-hydrogen) atoms. The highest BCUT2D eigenvalue weighted by Crippen LogP contribution is 2.27. The van der Waals surface area contributed by atoms with E-state index in [0.717, 1.165) is 0 Å². The quantitative estimate of drug-likeness (QED) is 0.442. The molecule has 0 N–H and O–H groups in total. The number of ether oxygens (including phenoxy) is 3. The summed E-state index contributed by atoms with van der Waals surface area (Å²) in [4.78, 5) is 0. The van der Waals surface area contributed by atoms with Crippen LogP contribution < -0.4 is 4.74 Å². The van der Waals surface area contributed by atoms with E-state index in [1.807, 2.05) is 18.2 Å². The van der Waals surface area contributed by atoms with Crippen LogP contribution in [0.4, 0.5) is 0 Å². The van der Waals surface area contributed by atoms with Crippen LogP contribution in [0.5, 0.6) is 5.75 Å². The lowest BCUT2D eigenvalue weighted by Gasteiger charge is -2.20. The zero-order valence-corrected chi connectivity index (χ0v) is 9.79. The summed E-state index contributed by atoms with van der Waals surface area (Å²) in [6.45, 7) is 0.662. The minimum Gasteiger partial charge on any atom is -0.436 e. The molecule has 0 spiro atoms. The molecule has 0 unspecified atom stereocenters. The fraction of sp³-hybridized carbons (Fsp3) is 0.400. The SMILES string of the molecule is COCCOC(Cl)(Cl)Oc1ccccc1. The first-order chi connectivity index (χ1) is 7.14. The van der Waals surface area contributed by atoms with E-state index in [1.54, 1.807) is 19.2 Å². The Morgan fingerprint density at radius 3 is 2.40 bits per heavy atom. The van der Waals surface area contributed by atoms with Crippen molar-refractivity contribution in [2.24, 2.45) is 0 Å². The predicted octanol–water partition coefficient (Wildman–Crippen LogP) is 2.82. The van der Waals surface area contributed by atoms with Gasteiger partial charge in [0.1, 0.15) is 5.75 Å². The Labute approximate surface area is 98.8 Å². The number of rotatable bonds is 6. The predicted molar refractivity (Wildman–Crippen MR) is 59.3 cm³/mol. The Bertz CT molecular complexity index is 277. The molecule has 3 nitrogen and oxygen atoms in total. The molecule has 5 heteroatoms. The number of hydrogen-bond donors (Lipinski definition) is 0. The summed E-state index contributed by atoms with van der Waals surface area (Å²) in [5, 5.41) is 0. The molecule has 1 aromatic carbocycles. The molecule has 0 heterocycles. The molecule has 84 valence electrons. The molecule has 0 aliphatic carbocycles. The molecule has 0 fully saturated rings. The first-order valence-corrected chi connectivity index (χ1v) is 5.14. The maximum absolute atomic E-state index is 5.77. The average molecular weight is 251 g/mol. The van der Waals surface area contributed by atoms with Crippen LogP contribution in [0.15, 0.2) is 30.3 Å². The van der Waals surface area contributed by atoms with Crippen LogP contribution in [0.3, 0.4) is 0 Å². The van der Waals surface area contributed by atoms with E-state index < -0.39 is 4.71 Å². The van der Waals surface area contributed by atoms with Crippen molar-refractivity contribution in [2.45, 2.75) is 4.71 Å². The van der Waals surface area contributed by atoms with E-state index in [-0.39, 0.29) is 6.61 Å². The van der Waals surface area contributed by atoms with E-state index >= 15 is 0 Å². The zero-order chi connectivity index (χ0) is 11.1. The maximum Gasteiger partial charge on any atom is 0.375 e. The van der Waals surface area contributed by atoms with Crippen LogP contribution in [0.2, 0.25) is 0 Å². The molecular formula is C10H12Cl2O3. The Morgan fingerprint density at radius 2 is 1.80 bits per heavy atom. The van der Waals surface area contributed by atoms with Crippen molar-refractivity contribution in [3.05, 3.63) is 30.3 Å². The van der Waals surface area contributed by atoms with Crippen LogP contribution in [0.25, 0.3) is 0 Å². The lowest BCUT2D eigenvalue weighted by atomic mass is 10.3. The van der Waals surface area contributed by atoms with Crippen molar-refractivity contribution in [1.82, 2.24) is 0 Å². The second kappa shape index (κ2) is 6.18. The fourth-order valence-corrected chi connectivity index (χ4v) is 1.23. The smallest absolute Gasteiger partial charge is 0.375 e. The van der Waals surface area contributed by atoms with Gasteiger partial charge >= 0.3 is 4.71 Å². The largest absolute Gasteiger partial charge is 0.436 e. The molecule has 0 amide bonds. The fourth-order valence-electron chi connectivity index (χ4n) is 0.899. The third kappa shape index (κ3) is 5.23. The van der Waals surface area contributed by atoms with Gasteiger partial charge in [0, 0.05) is 7.11 Å². The van der Waals surface area contributed by atoms with E-state index in [1.165, 1.54) is 0 Å². The van der Waals surface area contributed by atoms with Crippen LogP contribution >= 0.6 is 23.2 Å². The lowest BCUT2D eigenvalue weighted by molar-refractivity contribution is -0.0697. The monoisotopic (exact) mass is 250 g/mol. The first kappa shape index (κ1) is 12.6. The zero-order valence-electron chi connectivity index (χ0n) is 8.28. The second-order valence-corrected chi connectivity index (χ2v) is 3.91. The summed E-state index contributed by atoms with van der Waals surface area (Å²) in [5.41, 5.74) is 0. The number of benzene rings is 1. The molecular weight excluding hydrogens is 239 g/mol. The van der Waals surface area contributed by atoms with Gasteiger partial charge in [-0.25, -0.2) is 0 Å². The lowest BCUT2D eigenvalue weighted by Crippen LogP contribution is -2.27. The molecule has 0 aromatic heterocycles. The maximum atomic E-state index is 5.77. The van der Waals surface area contributed by atoms with Gasteiger partial charge < -0.3 is 14.2 Å². The summed E-state index contributed by atoms with van der Waals surface area (Å²) in [6.07, 6.45) is 0. The number of hydrogen-bond acceptors (Lipinski definition) is 3. The molecule has 1 rings (SSSR count). The Hall–Kier alpha value is -0.480. The Balaban J connectivity index is 2.42. The third-order valence-corrected chi connectivity index (χ3v) is 1.91. The number of para-hydroxylation sites is 1. The van der Waals surface area contributed by atoms with E-state index in [0.29, 0.717) is 12.4 Å². The van der Waals surface area contributed by atoms with Crippen LogP contribution in [0, 0.1) is 0 Å². The van der Waals surface area contributed by atoms with E-state index in [2.05, 4.69) is 0 Å². The van der Waals surface area contributed by atoms with Crippen molar-refractivity contribution in [3.8, 4) is 5.75 Å². The molecule has 0 aliphatic rings. The minimum atomic E-state index is -1.68. The molecule has 0 saturated heterocycles. The van der Waals surface area contributed by atoms with Gasteiger partial charge in [-0.3, -0.25) is 0 Å². The molecule has 0 aliphatic heterocycles. The Morgan fingerprint density at radius 1 is 1.13 bits per heavy atom. The van der Waals surface area contributed by atoms with Crippen molar-refractivity contribution in [2.75, 3.05) is 20.3 Å². The molecule has 0 atom stereocenters. The number of alkyl halides is 2. The number of methoxy groups -OCH3 is 1. The van der Waals surface area contributed by atoms with Gasteiger partial charge in [0.15, 0.2) is 0 Å². The summed E-state index contributed by atoms with van der Waals surface area (Å²) in [7, 11) is 1.56. The summed E-state index contributed by atoms with van der Waals surface area (Å²) < 4.78 is 13.4. The standard InChI is InChI=1S/C10H12Cl2O3/c1-13-7-8-14-10(11,12)15-9-5-3-2-4-6-9/h2-6H,7-8H2,1H3. The molecule has 0 radical (unpaired) electrons. The van der Waals surface area contributed by atoms with Crippen LogP contribution in [0.1, 0.15) is 0 Å². The van der Waals surface area contributed by atoms with Gasteiger partial charge in [-0.1, -0.05) is 18.2 Å². The minimum absolute atomic E-state index is 0.260. The van der Waals surface area contributed by atoms with E-state index in [4.69, 9.17) is 37.4 Å². The highest BCUT2D eigenvalue weighted by atomic mass is 35.5. The average Bonchev–Trinajstić information content (AvgIpc) is 2.18. The summed E-state index contributed by atoms with van der Waals surface area (Å²) >= 11 is 11.5. The van der Waals surface area contributed by atoms with Crippen molar-refractivity contribution in [1.29, 1.82) is 0 Å². The van der Waals surface area contributed by atoms with Crippen LogP contribution in [-0.4, -0.2) is 25.0 Å². The third-order valence-electron chi connectivity index (χ3n) is 1.54. The van der Waals surface area contributed by atoms with Gasteiger partial charge in [0.05, 0.1) is 13.2 Å². The summed E-state index contributed by atoms with van der Waals surface area (Å²) in [5.74, 6) is 0.542. The Kier molecular flexibility index (Phi) is 5.19. The second-order valence-electron chi connectivity index (χ2n) is 2.72. The van der Waals surface area contributed by atoms with Gasteiger partial charge in [-0.15, -0.1) is 0 Å². The van der Waals surface area contributed by atoms with Gasteiger partial charge in [0.2, 0.25) is 0 Å². The molecule has 0 saturated carbocycles. The van der Waals surface area contributed by atoms with E-state index in [9.17, 15) is 0 Å².